The quantitative estimate of drug-likeness (QED) is 0.600. The average Bonchev–Trinajstić information content (AvgIpc) is 3.00. The molecule has 0 saturated carbocycles. The predicted molar refractivity (Wildman–Crippen MR) is 114 cm³/mol. The Labute approximate surface area is 170 Å². The molecular weight excluding hydrogens is 453 g/mol. The van der Waals surface area contributed by atoms with Gasteiger partial charge in [0.1, 0.15) is 0 Å². The Balaban J connectivity index is 0.00000208. The van der Waals surface area contributed by atoms with E-state index in [2.05, 4.69) is 11.0 Å². The van der Waals surface area contributed by atoms with E-state index < -0.39 is 5.60 Å². The molecule has 1 fully saturated rings. The molecule has 1 atom stereocenters. The number of hydrogen-bond acceptors (Lipinski definition) is 3. The Hall–Kier alpha value is -0.140. The molecule has 1 aliphatic heterocycles. The number of thiophene rings is 1. The standard InChI is InChI=1S/C19H24ClNOS.HI/c1-19(22,15-5-3-2-4-6-15)16-9-12-21(13-10-16)14-11-17-7-8-18(20)23-17;/h2-8,16,22H,9-14H2,1H3;1H. The number of aliphatic hydroxyl groups is 1. The Morgan fingerprint density at radius 3 is 2.42 bits per heavy atom. The Morgan fingerprint density at radius 1 is 1.17 bits per heavy atom. The van der Waals surface area contributed by atoms with Gasteiger partial charge in [0.2, 0.25) is 0 Å². The number of likely N-dealkylation sites (tertiary alicyclic amines) is 1. The van der Waals surface area contributed by atoms with Gasteiger partial charge in [-0.3, -0.25) is 0 Å². The van der Waals surface area contributed by atoms with E-state index in [1.54, 1.807) is 11.3 Å². The molecule has 3 rings (SSSR count). The van der Waals surface area contributed by atoms with Crippen molar-refractivity contribution in [3.05, 3.63) is 57.2 Å². The molecule has 1 aromatic carbocycles. The van der Waals surface area contributed by atoms with Gasteiger partial charge in [0.15, 0.2) is 0 Å². The summed E-state index contributed by atoms with van der Waals surface area (Å²) in [6.07, 6.45) is 3.16. The molecule has 1 saturated heterocycles. The summed E-state index contributed by atoms with van der Waals surface area (Å²) in [5, 5.41) is 11.0. The van der Waals surface area contributed by atoms with Gasteiger partial charge in [0.25, 0.3) is 0 Å². The molecule has 2 nitrogen and oxygen atoms in total. The largest absolute Gasteiger partial charge is 0.385 e. The molecule has 0 bridgehead atoms. The monoisotopic (exact) mass is 477 g/mol. The van der Waals surface area contributed by atoms with Gasteiger partial charge >= 0.3 is 0 Å². The van der Waals surface area contributed by atoms with Gasteiger partial charge in [-0.05, 0) is 62.9 Å². The van der Waals surface area contributed by atoms with Crippen LogP contribution in [-0.4, -0.2) is 29.6 Å². The molecule has 132 valence electrons. The van der Waals surface area contributed by atoms with Crippen LogP contribution in [0.5, 0.6) is 0 Å². The van der Waals surface area contributed by atoms with Crippen LogP contribution in [0.3, 0.4) is 0 Å². The van der Waals surface area contributed by atoms with E-state index in [1.807, 2.05) is 43.3 Å². The van der Waals surface area contributed by atoms with Crippen LogP contribution < -0.4 is 0 Å². The van der Waals surface area contributed by atoms with Gasteiger partial charge < -0.3 is 10.0 Å². The molecule has 0 aliphatic carbocycles. The van der Waals surface area contributed by atoms with Crippen LogP contribution in [0.4, 0.5) is 0 Å². The number of rotatable bonds is 5. The Kier molecular flexibility index (Phi) is 7.56. The summed E-state index contributed by atoms with van der Waals surface area (Å²) in [5.41, 5.74) is 0.306. The molecule has 1 aromatic heterocycles. The maximum atomic E-state index is 11.0. The third-order valence-electron chi connectivity index (χ3n) is 5.04. The van der Waals surface area contributed by atoms with Crippen molar-refractivity contribution in [2.24, 2.45) is 5.92 Å². The van der Waals surface area contributed by atoms with Crippen molar-refractivity contribution in [3.63, 3.8) is 0 Å². The summed E-state index contributed by atoms with van der Waals surface area (Å²) >= 11 is 7.66. The van der Waals surface area contributed by atoms with Gasteiger partial charge in [-0.25, -0.2) is 0 Å². The van der Waals surface area contributed by atoms with Crippen LogP contribution in [0.15, 0.2) is 42.5 Å². The summed E-state index contributed by atoms with van der Waals surface area (Å²) < 4.78 is 0.873. The van der Waals surface area contributed by atoms with E-state index in [0.29, 0.717) is 5.92 Å². The van der Waals surface area contributed by atoms with Gasteiger partial charge in [-0.1, -0.05) is 41.9 Å². The summed E-state index contributed by atoms with van der Waals surface area (Å²) in [7, 11) is 0. The van der Waals surface area contributed by atoms with Crippen molar-refractivity contribution in [3.8, 4) is 0 Å². The third kappa shape index (κ3) is 4.94. The van der Waals surface area contributed by atoms with E-state index in [9.17, 15) is 5.11 Å². The lowest BCUT2D eigenvalue weighted by atomic mass is 9.77. The molecule has 24 heavy (non-hydrogen) atoms. The third-order valence-corrected chi connectivity index (χ3v) is 6.33. The van der Waals surface area contributed by atoms with E-state index in [-0.39, 0.29) is 24.0 Å². The fourth-order valence-corrected chi connectivity index (χ4v) is 4.56. The number of piperidine rings is 1. The molecule has 1 unspecified atom stereocenters. The highest BCUT2D eigenvalue weighted by molar-refractivity contribution is 14.0. The second-order valence-electron chi connectivity index (χ2n) is 6.59. The first-order chi connectivity index (χ1) is 11.1. The Bertz CT molecular complexity index is 623. The summed E-state index contributed by atoms with van der Waals surface area (Å²) in [6, 6.07) is 14.2. The first-order valence-corrected chi connectivity index (χ1v) is 9.49. The van der Waals surface area contributed by atoms with Gasteiger partial charge in [-0.2, -0.15) is 0 Å². The SMILES string of the molecule is CC(O)(c1ccccc1)C1CCN(CCc2ccc(Cl)s2)CC1.I. The summed E-state index contributed by atoms with van der Waals surface area (Å²) in [5.74, 6) is 0.331. The van der Waals surface area contributed by atoms with Crippen LogP contribution in [0.2, 0.25) is 4.34 Å². The second kappa shape index (κ2) is 8.99. The molecule has 0 spiro atoms. The summed E-state index contributed by atoms with van der Waals surface area (Å²) in [4.78, 5) is 3.86. The fourth-order valence-electron chi connectivity index (χ4n) is 3.48. The van der Waals surface area contributed by atoms with Crippen molar-refractivity contribution in [2.75, 3.05) is 19.6 Å². The zero-order chi connectivity index (χ0) is 16.3. The normalized spacial score (nSPS) is 18.8. The second-order valence-corrected chi connectivity index (χ2v) is 8.38. The zero-order valence-corrected chi connectivity index (χ0v) is 17.9. The molecular formula is C19H25ClINOS. The number of halogens is 2. The van der Waals surface area contributed by atoms with Crippen LogP contribution in [0.1, 0.15) is 30.2 Å². The van der Waals surface area contributed by atoms with Crippen molar-refractivity contribution >= 4 is 46.9 Å². The predicted octanol–water partition coefficient (Wildman–Crippen LogP) is 5.18. The van der Waals surface area contributed by atoms with E-state index in [4.69, 9.17) is 11.6 Å². The van der Waals surface area contributed by atoms with E-state index >= 15 is 0 Å². The van der Waals surface area contributed by atoms with Crippen molar-refractivity contribution in [1.29, 1.82) is 0 Å². The minimum absolute atomic E-state index is 0. The Morgan fingerprint density at radius 2 is 1.83 bits per heavy atom. The smallest absolute Gasteiger partial charge is 0.0931 e. The van der Waals surface area contributed by atoms with E-state index in [0.717, 1.165) is 48.8 Å². The topological polar surface area (TPSA) is 23.5 Å². The first kappa shape index (κ1) is 20.2. The highest BCUT2D eigenvalue weighted by atomic mass is 127. The molecule has 5 heteroatoms. The highest BCUT2D eigenvalue weighted by Gasteiger charge is 2.35. The molecule has 2 heterocycles. The lowest BCUT2D eigenvalue weighted by molar-refractivity contribution is -0.0328. The van der Waals surface area contributed by atoms with Gasteiger partial charge in [0.05, 0.1) is 9.94 Å². The lowest BCUT2D eigenvalue weighted by Gasteiger charge is -2.40. The van der Waals surface area contributed by atoms with Crippen molar-refractivity contribution < 1.29 is 5.11 Å². The van der Waals surface area contributed by atoms with Crippen molar-refractivity contribution in [1.82, 2.24) is 4.90 Å². The lowest BCUT2D eigenvalue weighted by Crippen LogP contribution is -2.42. The molecule has 1 N–H and O–H groups in total. The molecule has 2 aromatic rings. The number of hydrogen-bond donors (Lipinski definition) is 1. The molecule has 1 aliphatic rings. The molecule has 0 amide bonds. The van der Waals surface area contributed by atoms with Crippen LogP contribution in [0, 0.1) is 5.92 Å². The van der Waals surface area contributed by atoms with Crippen LogP contribution >= 0.6 is 46.9 Å². The van der Waals surface area contributed by atoms with E-state index in [1.165, 1.54) is 4.88 Å². The zero-order valence-electron chi connectivity index (χ0n) is 14.0. The highest BCUT2D eigenvalue weighted by Crippen LogP contribution is 2.36. The van der Waals surface area contributed by atoms with Crippen molar-refractivity contribution in [2.45, 2.75) is 31.8 Å². The van der Waals surface area contributed by atoms with Gasteiger partial charge in [-0.15, -0.1) is 35.3 Å². The summed E-state index contributed by atoms with van der Waals surface area (Å²) in [6.45, 7) is 5.17. The average molecular weight is 478 g/mol. The number of nitrogens with zero attached hydrogens (tertiary/aromatic N) is 1. The first-order valence-electron chi connectivity index (χ1n) is 8.30. The van der Waals surface area contributed by atoms with Crippen LogP contribution in [-0.2, 0) is 12.0 Å². The minimum Gasteiger partial charge on any atom is -0.385 e. The maximum absolute atomic E-state index is 11.0. The fraction of sp³-hybridized carbons (Fsp3) is 0.474. The van der Waals surface area contributed by atoms with Crippen LogP contribution in [0.25, 0.3) is 0 Å². The number of benzene rings is 1. The minimum atomic E-state index is -0.728. The van der Waals surface area contributed by atoms with Gasteiger partial charge in [0, 0.05) is 11.4 Å². The maximum Gasteiger partial charge on any atom is 0.0931 e. The molecule has 0 radical (unpaired) electrons.